The fourth-order valence-corrected chi connectivity index (χ4v) is 4.44. The van der Waals surface area contributed by atoms with E-state index in [4.69, 9.17) is 4.42 Å². The lowest BCUT2D eigenvalue weighted by atomic mass is 9.94. The molecule has 0 amide bonds. The summed E-state index contributed by atoms with van der Waals surface area (Å²) in [6.07, 6.45) is 4.99. The average Bonchev–Trinajstić information content (AvgIpc) is 3.53. The minimum absolute atomic E-state index is 0.0289. The molecule has 1 fully saturated rings. The van der Waals surface area contributed by atoms with Gasteiger partial charge in [0.2, 0.25) is 5.95 Å². The standard InChI is InChI=1S/C22H22F2N6O3/c1-11(20(31)32)12-2-3-30(10-12)22-29-28-19(33-22)15-8-25-21(26-9-15)27-16-4-13-6-17(23)18(24)7-14(13)5-16/h6-9,11-12,16H,2-5,10H2,1H3,(H,31,32)(H,25,26,27). The number of anilines is 2. The summed E-state index contributed by atoms with van der Waals surface area (Å²) >= 11 is 0. The number of carboxylic acids is 1. The minimum Gasteiger partial charge on any atom is -0.481 e. The predicted molar refractivity (Wildman–Crippen MR) is 114 cm³/mol. The molecule has 2 aromatic heterocycles. The van der Waals surface area contributed by atoms with Crippen LogP contribution in [0.1, 0.15) is 24.5 Å². The van der Waals surface area contributed by atoms with Crippen LogP contribution in [0, 0.1) is 23.5 Å². The molecule has 172 valence electrons. The Morgan fingerprint density at radius 1 is 1.18 bits per heavy atom. The topological polar surface area (TPSA) is 117 Å². The molecule has 1 aliphatic heterocycles. The second-order valence-electron chi connectivity index (χ2n) is 8.59. The SMILES string of the molecule is CC(C(=O)O)C1CCN(c2nnc(-c3cnc(NC4Cc5cc(F)c(F)cc5C4)nc3)o2)C1. The number of benzene rings is 1. The Morgan fingerprint density at radius 2 is 1.85 bits per heavy atom. The molecule has 1 saturated heterocycles. The monoisotopic (exact) mass is 456 g/mol. The van der Waals surface area contributed by atoms with E-state index >= 15 is 0 Å². The summed E-state index contributed by atoms with van der Waals surface area (Å²) in [7, 11) is 0. The van der Waals surface area contributed by atoms with E-state index in [1.165, 1.54) is 12.1 Å². The van der Waals surface area contributed by atoms with Crippen molar-refractivity contribution in [3.63, 3.8) is 0 Å². The van der Waals surface area contributed by atoms with Gasteiger partial charge in [0.15, 0.2) is 11.6 Å². The van der Waals surface area contributed by atoms with E-state index in [1.54, 1.807) is 19.3 Å². The Kier molecular flexibility index (Phi) is 5.39. The van der Waals surface area contributed by atoms with Gasteiger partial charge in [0.1, 0.15) is 0 Å². The van der Waals surface area contributed by atoms with Crippen molar-refractivity contribution in [2.45, 2.75) is 32.2 Å². The van der Waals surface area contributed by atoms with Gasteiger partial charge < -0.3 is 19.7 Å². The van der Waals surface area contributed by atoms with Crippen LogP contribution in [0.25, 0.3) is 11.5 Å². The molecule has 2 N–H and O–H groups in total. The van der Waals surface area contributed by atoms with Gasteiger partial charge in [-0.05, 0) is 48.4 Å². The number of hydrogen-bond donors (Lipinski definition) is 2. The van der Waals surface area contributed by atoms with Gasteiger partial charge in [0.25, 0.3) is 5.89 Å². The van der Waals surface area contributed by atoms with Crippen molar-refractivity contribution in [1.82, 2.24) is 20.2 Å². The lowest BCUT2D eigenvalue weighted by molar-refractivity contribution is -0.142. The minimum atomic E-state index is -0.838. The smallest absolute Gasteiger partial charge is 0.318 e. The Labute approximate surface area is 187 Å². The van der Waals surface area contributed by atoms with Crippen LogP contribution in [0.5, 0.6) is 0 Å². The number of rotatable bonds is 6. The lowest BCUT2D eigenvalue weighted by Crippen LogP contribution is -2.25. The van der Waals surface area contributed by atoms with Gasteiger partial charge in [-0.25, -0.2) is 18.7 Å². The molecule has 11 heteroatoms. The molecular weight excluding hydrogens is 434 g/mol. The predicted octanol–water partition coefficient (Wildman–Crippen LogP) is 2.93. The normalized spacial score (nSPS) is 19.0. The zero-order valence-corrected chi connectivity index (χ0v) is 17.8. The highest BCUT2D eigenvalue weighted by atomic mass is 19.2. The summed E-state index contributed by atoms with van der Waals surface area (Å²) in [6, 6.07) is 2.77. The summed E-state index contributed by atoms with van der Waals surface area (Å²) in [6.45, 7) is 2.91. The highest BCUT2D eigenvalue weighted by Crippen LogP contribution is 2.30. The summed E-state index contributed by atoms with van der Waals surface area (Å²) in [5, 5.41) is 20.6. The number of aromatic nitrogens is 4. The zero-order chi connectivity index (χ0) is 23.1. The number of nitrogens with one attached hydrogen (secondary N) is 1. The number of fused-ring (bicyclic) bond motifs is 1. The van der Waals surface area contributed by atoms with Crippen LogP contribution in [-0.4, -0.2) is 50.4 Å². The first-order valence-corrected chi connectivity index (χ1v) is 10.7. The van der Waals surface area contributed by atoms with E-state index in [9.17, 15) is 18.7 Å². The molecular formula is C22H22F2N6O3. The Bertz CT molecular complexity index is 1150. The van der Waals surface area contributed by atoms with Crippen molar-refractivity contribution in [2.75, 3.05) is 23.3 Å². The average molecular weight is 456 g/mol. The number of carboxylic acid groups (broad SMARTS) is 1. The Morgan fingerprint density at radius 3 is 2.48 bits per heavy atom. The van der Waals surface area contributed by atoms with E-state index in [2.05, 4.69) is 25.5 Å². The van der Waals surface area contributed by atoms with Gasteiger partial charge in [-0.1, -0.05) is 12.0 Å². The van der Waals surface area contributed by atoms with E-state index in [0.29, 0.717) is 43.5 Å². The highest BCUT2D eigenvalue weighted by Gasteiger charge is 2.33. The van der Waals surface area contributed by atoms with Crippen molar-refractivity contribution in [1.29, 1.82) is 0 Å². The van der Waals surface area contributed by atoms with Gasteiger partial charge in [-0.15, -0.1) is 5.10 Å². The molecule has 33 heavy (non-hydrogen) atoms. The summed E-state index contributed by atoms with van der Waals surface area (Å²) in [5.41, 5.74) is 2.11. The number of nitrogens with zero attached hydrogens (tertiary/aromatic N) is 5. The molecule has 0 saturated carbocycles. The van der Waals surface area contributed by atoms with E-state index < -0.39 is 23.5 Å². The van der Waals surface area contributed by atoms with E-state index in [-0.39, 0.29) is 17.9 Å². The molecule has 2 atom stereocenters. The quantitative estimate of drug-likeness (QED) is 0.577. The second kappa shape index (κ2) is 8.38. The molecule has 1 aromatic carbocycles. The first-order chi connectivity index (χ1) is 15.9. The van der Waals surface area contributed by atoms with Gasteiger partial charge in [0.05, 0.1) is 11.5 Å². The molecule has 0 radical (unpaired) electrons. The molecule has 3 heterocycles. The number of aliphatic carboxylic acids is 1. The van der Waals surface area contributed by atoms with Crippen LogP contribution in [0.15, 0.2) is 28.9 Å². The molecule has 5 rings (SSSR count). The van der Waals surface area contributed by atoms with Gasteiger partial charge >= 0.3 is 12.0 Å². The van der Waals surface area contributed by atoms with Crippen molar-refractivity contribution < 1.29 is 23.1 Å². The van der Waals surface area contributed by atoms with Crippen LogP contribution in [0.3, 0.4) is 0 Å². The molecule has 0 spiro atoms. The highest BCUT2D eigenvalue weighted by molar-refractivity contribution is 5.70. The lowest BCUT2D eigenvalue weighted by Gasteiger charge is -2.15. The fourth-order valence-electron chi connectivity index (χ4n) is 4.44. The van der Waals surface area contributed by atoms with Crippen molar-refractivity contribution in [3.05, 3.63) is 47.3 Å². The van der Waals surface area contributed by atoms with Gasteiger partial charge in [0, 0.05) is 31.5 Å². The van der Waals surface area contributed by atoms with Crippen LogP contribution in [0.2, 0.25) is 0 Å². The molecule has 0 bridgehead atoms. The number of carbonyl (C=O) groups is 1. The van der Waals surface area contributed by atoms with Crippen LogP contribution >= 0.6 is 0 Å². The Balaban J connectivity index is 1.21. The second-order valence-corrected chi connectivity index (χ2v) is 8.59. The van der Waals surface area contributed by atoms with Gasteiger partial charge in [-0.3, -0.25) is 4.79 Å². The number of halogens is 2. The Hall–Kier alpha value is -3.63. The van der Waals surface area contributed by atoms with E-state index in [1.807, 2.05) is 4.90 Å². The zero-order valence-electron chi connectivity index (χ0n) is 17.8. The molecule has 3 aromatic rings. The third-order valence-corrected chi connectivity index (χ3v) is 6.41. The van der Waals surface area contributed by atoms with Crippen LogP contribution in [-0.2, 0) is 17.6 Å². The third-order valence-electron chi connectivity index (χ3n) is 6.41. The molecule has 2 unspecified atom stereocenters. The van der Waals surface area contributed by atoms with E-state index in [0.717, 1.165) is 17.5 Å². The van der Waals surface area contributed by atoms with Gasteiger partial charge in [-0.2, -0.15) is 0 Å². The number of hydrogen-bond acceptors (Lipinski definition) is 8. The fraction of sp³-hybridized carbons (Fsp3) is 0.409. The maximum Gasteiger partial charge on any atom is 0.318 e. The van der Waals surface area contributed by atoms with Crippen molar-refractivity contribution in [2.24, 2.45) is 11.8 Å². The van der Waals surface area contributed by atoms with Crippen molar-refractivity contribution in [3.8, 4) is 11.5 Å². The maximum atomic E-state index is 13.5. The molecule has 1 aliphatic carbocycles. The van der Waals surface area contributed by atoms with Crippen molar-refractivity contribution >= 4 is 17.9 Å². The maximum absolute atomic E-state index is 13.5. The summed E-state index contributed by atoms with van der Waals surface area (Å²) in [4.78, 5) is 21.7. The summed E-state index contributed by atoms with van der Waals surface area (Å²) in [5.74, 6) is -2.23. The molecule has 2 aliphatic rings. The molecule has 9 nitrogen and oxygen atoms in total. The first kappa shape index (κ1) is 21.2. The summed E-state index contributed by atoms with van der Waals surface area (Å²) < 4.78 is 32.7. The first-order valence-electron chi connectivity index (χ1n) is 10.7. The van der Waals surface area contributed by atoms with Crippen LogP contribution < -0.4 is 10.2 Å². The van der Waals surface area contributed by atoms with Crippen LogP contribution in [0.4, 0.5) is 20.7 Å². The largest absolute Gasteiger partial charge is 0.481 e. The third kappa shape index (κ3) is 4.22.